The first-order chi connectivity index (χ1) is 9.08. The number of nitrogens with one attached hydrogen (secondary N) is 1. The molecule has 0 heterocycles. The van der Waals surface area contributed by atoms with Gasteiger partial charge in [0.2, 0.25) is 0 Å². The highest BCUT2D eigenvalue weighted by atomic mass is 16.1. The van der Waals surface area contributed by atoms with Crippen molar-refractivity contribution >= 4 is 16.7 Å². The molecular formula is C16H20N2O. The minimum Gasteiger partial charge on any atom is -0.350 e. The van der Waals surface area contributed by atoms with E-state index in [9.17, 15) is 4.79 Å². The zero-order valence-corrected chi connectivity index (χ0v) is 11.4. The summed E-state index contributed by atoms with van der Waals surface area (Å²) in [7, 11) is 0. The van der Waals surface area contributed by atoms with Gasteiger partial charge in [-0.25, -0.2) is 0 Å². The van der Waals surface area contributed by atoms with E-state index in [1.165, 1.54) is 0 Å². The van der Waals surface area contributed by atoms with Crippen molar-refractivity contribution in [2.45, 2.75) is 32.4 Å². The lowest BCUT2D eigenvalue weighted by atomic mass is 10.0. The number of rotatable bonds is 4. The first-order valence-corrected chi connectivity index (χ1v) is 6.62. The van der Waals surface area contributed by atoms with Crippen molar-refractivity contribution in [2.24, 2.45) is 5.73 Å². The Kier molecular flexibility index (Phi) is 4.17. The Morgan fingerprint density at radius 1 is 1.16 bits per heavy atom. The number of carbonyl (C=O) groups is 1. The van der Waals surface area contributed by atoms with Gasteiger partial charge in [-0.15, -0.1) is 0 Å². The molecule has 2 unspecified atom stereocenters. The zero-order valence-electron chi connectivity index (χ0n) is 11.4. The van der Waals surface area contributed by atoms with Gasteiger partial charge in [-0.3, -0.25) is 4.79 Å². The summed E-state index contributed by atoms with van der Waals surface area (Å²) in [6, 6.07) is 13.8. The molecule has 2 rings (SSSR count). The highest BCUT2D eigenvalue weighted by molar-refractivity contribution is 6.07. The first kappa shape index (κ1) is 13.6. The summed E-state index contributed by atoms with van der Waals surface area (Å²) in [6.45, 7) is 3.92. The number of carbonyl (C=O) groups excluding carboxylic acids is 1. The predicted octanol–water partition coefficient (Wildman–Crippen LogP) is 2.70. The van der Waals surface area contributed by atoms with Gasteiger partial charge in [0.25, 0.3) is 5.91 Å². The third-order valence-corrected chi connectivity index (χ3v) is 3.14. The van der Waals surface area contributed by atoms with Crippen molar-refractivity contribution in [2.75, 3.05) is 0 Å². The van der Waals surface area contributed by atoms with E-state index >= 15 is 0 Å². The number of benzene rings is 2. The van der Waals surface area contributed by atoms with Crippen LogP contribution in [-0.2, 0) is 0 Å². The van der Waals surface area contributed by atoms with Crippen LogP contribution >= 0.6 is 0 Å². The normalized spacial score (nSPS) is 14.1. The van der Waals surface area contributed by atoms with Crippen molar-refractivity contribution < 1.29 is 4.79 Å². The molecule has 0 saturated heterocycles. The minimum absolute atomic E-state index is 0.0371. The van der Waals surface area contributed by atoms with Crippen molar-refractivity contribution in [3.63, 3.8) is 0 Å². The summed E-state index contributed by atoms with van der Waals surface area (Å²) in [4.78, 5) is 12.3. The molecule has 0 spiro atoms. The van der Waals surface area contributed by atoms with E-state index in [1.807, 2.05) is 56.3 Å². The summed E-state index contributed by atoms with van der Waals surface area (Å²) >= 11 is 0. The fourth-order valence-electron chi connectivity index (χ4n) is 2.34. The first-order valence-electron chi connectivity index (χ1n) is 6.62. The molecular weight excluding hydrogens is 236 g/mol. The second-order valence-electron chi connectivity index (χ2n) is 5.11. The fraction of sp³-hybridized carbons (Fsp3) is 0.312. The van der Waals surface area contributed by atoms with E-state index in [0.717, 1.165) is 22.8 Å². The molecule has 100 valence electrons. The van der Waals surface area contributed by atoms with Gasteiger partial charge in [0.05, 0.1) is 0 Å². The fourth-order valence-corrected chi connectivity index (χ4v) is 2.34. The number of amides is 1. The van der Waals surface area contributed by atoms with Gasteiger partial charge in [-0.2, -0.15) is 0 Å². The molecule has 19 heavy (non-hydrogen) atoms. The SMILES string of the molecule is CC(N)CC(C)NC(=O)c1cccc2ccccc12. The Balaban J connectivity index is 2.22. The molecule has 3 heteroatoms. The van der Waals surface area contributed by atoms with Crippen LogP contribution in [0.3, 0.4) is 0 Å². The Morgan fingerprint density at radius 3 is 2.58 bits per heavy atom. The predicted molar refractivity (Wildman–Crippen MR) is 79.1 cm³/mol. The Bertz CT molecular complexity index is 572. The van der Waals surface area contributed by atoms with E-state index in [0.29, 0.717) is 0 Å². The lowest BCUT2D eigenvalue weighted by Crippen LogP contribution is -2.36. The van der Waals surface area contributed by atoms with Crippen LogP contribution in [0.1, 0.15) is 30.6 Å². The van der Waals surface area contributed by atoms with Crippen LogP contribution in [0.4, 0.5) is 0 Å². The van der Waals surface area contributed by atoms with E-state index in [-0.39, 0.29) is 18.0 Å². The standard InChI is InChI=1S/C16H20N2O/c1-11(17)10-12(2)18-16(19)15-9-5-7-13-6-3-4-8-14(13)15/h3-9,11-12H,10,17H2,1-2H3,(H,18,19). The Morgan fingerprint density at radius 2 is 1.84 bits per heavy atom. The molecule has 3 nitrogen and oxygen atoms in total. The minimum atomic E-state index is -0.0371. The average Bonchev–Trinajstić information content (AvgIpc) is 2.36. The molecule has 0 aromatic heterocycles. The summed E-state index contributed by atoms with van der Waals surface area (Å²) in [5.41, 5.74) is 6.46. The van der Waals surface area contributed by atoms with Crippen molar-refractivity contribution in [1.29, 1.82) is 0 Å². The quantitative estimate of drug-likeness (QED) is 0.883. The lowest BCUT2D eigenvalue weighted by molar-refractivity contribution is 0.0939. The molecule has 0 saturated carbocycles. The molecule has 0 aliphatic heterocycles. The highest BCUT2D eigenvalue weighted by Gasteiger charge is 2.13. The van der Waals surface area contributed by atoms with Gasteiger partial charge in [-0.1, -0.05) is 36.4 Å². The molecule has 2 atom stereocenters. The second kappa shape index (κ2) is 5.85. The van der Waals surface area contributed by atoms with Gasteiger partial charge in [0.15, 0.2) is 0 Å². The van der Waals surface area contributed by atoms with Gasteiger partial charge in [0, 0.05) is 17.6 Å². The Hall–Kier alpha value is -1.87. The number of hydrogen-bond donors (Lipinski definition) is 2. The summed E-state index contributed by atoms with van der Waals surface area (Å²) in [5.74, 6) is -0.0371. The molecule has 3 N–H and O–H groups in total. The monoisotopic (exact) mass is 256 g/mol. The van der Waals surface area contributed by atoms with Crippen molar-refractivity contribution in [1.82, 2.24) is 5.32 Å². The molecule has 2 aromatic carbocycles. The molecule has 0 aliphatic rings. The van der Waals surface area contributed by atoms with Crippen LogP contribution in [0, 0.1) is 0 Å². The van der Waals surface area contributed by atoms with E-state index < -0.39 is 0 Å². The second-order valence-corrected chi connectivity index (χ2v) is 5.11. The average molecular weight is 256 g/mol. The zero-order chi connectivity index (χ0) is 13.8. The van der Waals surface area contributed by atoms with Crippen LogP contribution in [0.2, 0.25) is 0 Å². The van der Waals surface area contributed by atoms with Crippen LogP contribution in [0.5, 0.6) is 0 Å². The third kappa shape index (κ3) is 3.32. The number of fused-ring (bicyclic) bond motifs is 1. The third-order valence-electron chi connectivity index (χ3n) is 3.14. The summed E-state index contributed by atoms with van der Waals surface area (Å²) < 4.78 is 0. The van der Waals surface area contributed by atoms with Crippen LogP contribution in [0.25, 0.3) is 10.8 Å². The highest BCUT2D eigenvalue weighted by Crippen LogP contribution is 2.18. The summed E-state index contributed by atoms with van der Waals surface area (Å²) in [5, 5.41) is 5.06. The van der Waals surface area contributed by atoms with Gasteiger partial charge < -0.3 is 11.1 Å². The molecule has 0 aliphatic carbocycles. The molecule has 0 bridgehead atoms. The largest absolute Gasteiger partial charge is 0.350 e. The van der Waals surface area contributed by atoms with Gasteiger partial charge in [-0.05, 0) is 37.1 Å². The van der Waals surface area contributed by atoms with Gasteiger partial charge in [0.1, 0.15) is 0 Å². The lowest BCUT2D eigenvalue weighted by Gasteiger charge is -2.16. The van der Waals surface area contributed by atoms with Gasteiger partial charge >= 0.3 is 0 Å². The smallest absolute Gasteiger partial charge is 0.252 e. The van der Waals surface area contributed by atoms with E-state index in [4.69, 9.17) is 5.73 Å². The maximum Gasteiger partial charge on any atom is 0.252 e. The number of nitrogens with two attached hydrogens (primary N) is 1. The Labute approximate surface area is 113 Å². The van der Waals surface area contributed by atoms with Crippen LogP contribution in [-0.4, -0.2) is 18.0 Å². The molecule has 0 radical (unpaired) electrons. The van der Waals surface area contributed by atoms with Crippen LogP contribution in [0.15, 0.2) is 42.5 Å². The molecule has 2 aromatic rings. The summed E-state index contributed by atoms with van der Waals surface area (Å²) in [6.07, 6.45) is 0.774. The maximum absolute atomic E-state index is 12.3. The maximum atomic E-state index is 12.3. The topological polar surface area (TPSA) is 55.1 Å². The molecule has 1 amide bonds. The van der Waals surface area contributed by atoms with Crippen LogP contribution < -0.4 is 11.1 Å². The molecule has 0 fully saturated rings. The number of hydrogen-bond acceptors (Lipinski definition) is 2. The van der Waals surface area contributed by atoms with Crippen molar-refractivity contribution in [3.8, 4) is 0 Å². The van der Waals surface area contributed by atoms with E-state index in [2.05, 4.69) is 5.32 Å². The van der Waals surface area contributed by atoms with E-state index in [1.54, 1.807) is 0 Å². The van der Waals surface area contributed by atoms with Crippen molar-refractivity contribution in [3.05, 3.63) is 48.0 Å².